The smallest absolute Gasteiger partial charge is 0.305 e. The maximum atomic E-state index is 12.3. The molecule has 26 heavy (non-hydrogen) atoms. The van der Waals surface area contributed by atoms with Crippen molar-refractivity contribution in [3.8, 4) is 0 Å². The van der Waals surface area contributed by atoms with Crippen molar-refractivity contribution in [1.29, 1.82) is 0 Å². The normalized spacial score (nSPS) is 17.1. The lowest BCUT2D eigenvalue weighted by Gasteiger charge is -2.32. The molecule has 1 heterocycles. The van der Waals surface area contributed by atoms with Crippen molar-refractivity contribution in [2.24, 2.45) is 5.92 Å². The fourth-order valence-electron chi connectivity index (χ4n) is 2.95. The number of methoxy groups -OCH3 is 1. The van der Waals surface area contributed by atoms with E-state index < -0.39 is 0 Å². The van der Waals surface area contributed by atoms with E-state index in [4.69, 9.17) is 11.6 Å². The molecule has 1 fully saturated rings. The van der Waals surface area contributed by atoms with Gasteiger partial charge in [-0.05, 0) is 37.0 Å². The summed E-state index contributed by atoms with van der Waals surface area (Å²) in [4.78, 5) is 37.2. The van der Waals surface area contributed by atoms with Gasteiger partial charge in [-0.3, -0.25) is 14.4 Å². The van der Waals surface area contributed by atoms with E-state index in [2.05, 4.69) is 10.1 Å². The minimum Gasteiger partial charge on any atom is -0.469 e. The molecule has 0 saturated carbocycles. The first-order valence-electron chi connectivity index (χ1n) is 8.86. The van der Waals surface area contributed by atoms with E-state index in [0.717, 1.165) is 12.0 Å². The highest BCUT2D eigenvalue weighted by Gasteiger charge is 2.29. The van der Waals surface area contributed by atoms with E-state index in [-0.39, 0.29) is 30.1 Å². The van der Waals surface area contributed by atoms with Gasteiger partial charge in [0.2, 0.25) is 11.8 Å². The van der Waals surface area contributed by atoms with Crippen LogP contribution in [0.4, 0.5) is 0 Å². The molecule has 1 N–H and O–H groups in total. The van der Waals surface area contributed by atoms with E-state index in [9.17, 15) is 14.4 Å². The Hall–Kier alpha value is -2.08. The summed E-state index contributed by atoms with van der Waals surface area (Å²) in [5.74, 6) is -0.445. The Kier molecular flexibility index (Phi) is 7.91. The van der Waals surface area contributed by atoms with Crippen molar-refractivity contribution < 1.29 is 19.1 Å². The summed E-state index contributed by atoms with van der Waals surface area (Å²) in [5.41, 5.74) is 1.11. The van der Waals surface area contributed by atoms with Crippen molar-refractivity contribution in [3.05, 3.63) is 34.9 Å². The summed E-state index contributed by atoms with van der Waals surface area (Å²) in [6.07, 6.45) is 2.52. The molecule has 1 saturated heterocycles. The maximum Gasteiger partial charge on any atom is 0.305 e. The molecule has 2 amide bonds. The molecule has 0 radical (unpaired) electrons. The number of nitrogens with one attached hydrogen (secondary N) is 1. The van der Waals surface area contributed by atoms with Crippen LogP contribution < -0.4 is 5.32 Å². The van der Waals surface area contributed by atoms with Gasteiger partial charge in [-0.25, -0.2) is 0 Å². The Morgan fingerprint density at radius 1 is 1.31 bits per heavy atom. The highest BCUT2D eigenvalue weighted by Crippen LogP contribution is 2.19. The van der Waals surface area contributed by atoms with Crippen LogP contribution in [0.5, 0.6) is 0 Å². The number of hydrogen-bond acceptors (Lipinski definition) is 4. The molecule has 1 atom stereocenters. The van der Waals surface area contributed by atoms with Gasteiger partial charge in [0.1, 0.15) is 0 Å². The Labute approximate surface area is 158 Å². The third-order valence-electron chi connectivity index (χ3n) is 4.54. The number of carbonyl (C=O) groups excluding carboxylic acids is 3. The fourth-order valence-corrected chi connectivity index (χ4v) is 3.08. The van der Waals surface area contributed by atoms with Gasteiger partial charge in [-0.2, -0.15) is 0 Å². The molecule has 1 aliphatic heterocycles. The number of ether oxygens (including phenoxy) is 1. The van der Waals surface area contributed by atoms with Gasteiger partial charge in [0.05, 0.1) is 13.0 Å². The highest BCUT2D eigenvalue weighted by molar-refractivity contribution is 6.30. The molecule has 0 aromatic heterocycles. The van der Waals surface area contributed by atoms with Crippen LogP contribution in [0.3, 0.4) is 0 Å². The number of rotatable bonds is 8. The second-order valence-electron chi connectivity index (χ2n) is 6.42. The van der Waals surface area contributed by atoms with Crippen molar-refractivity contribution in [2.45, 2.75) is 32.1 Å². The predicted molar refractivity (Wildman–Crippen MR) is 98.7 cm³/mol. The van der Waals surface area contributed by atoms with E-state index in [1.54, 1.807) is 4.90 Å². The lowest BCUT2D eigenvalue weighted by Crippen LogP contribution is -2.46. The molecule has 7 heteroatoms. The number of carbonyl (C=O) groups is 3. The van der Waals surface area contributed by atoms with Crippen LogP contribution in [0.25, 0.3) is 0 Å². The number of piperidine rings is 1. The van der Waals surface area contributed by atoms with Crippen molar-refractivity contribution >= 4 is 29.4 Å². The zero-order valence-corrected chi connectivity index (χ0v) is 15.8. The van der Waals surface area contributed by atoms with Gasteiger partial charge in [0.15, 0.2) is 0 Å². The van der Waals surface area contributed by atoms with E-state index in [1.165, 1.54) is 7.11 Å². The molecule has 0 unspecified atom stereocenters. The summed E-state index contributed by atoms with van der Waals surface area (Å²) in [7, 11) is 1.35. The quantitative estimate of drug-likeness (QED) is 0.554. The van der Waals surface area contributed by atoms with Crippen LogP contribution in [-0.4, -0.2) is 49.4 Å². The monoisotopic (exact) mass is 380 g/mol. The Balaban J connectivity index is 1.77. The van der Waals surface area contributed by atoms with E-state index >= 15 is 0 Å². The minimum absolute atomic E-state index is 0.0566. The van der Waals surface area contributed by atoms with Gasteiger partial charge in [-0.1, -0.05) is 23.7 Å². The molecule has 0 bridgehead atoms. The molecule has 0 aliphatic carbocycles. The lowest BCUT2D eigenvalue weighted by molar-refractivity contribution is -0.141. The number of halogens is 1. The Bertz CT molecular complexity index is 633. The number of esters is 1. The van der Waals surface area contributed by atoms with Crippen LogP contribution in [0, 0.1) is 5.92 Å². The number of amides is 2. The molecule has 1 aromatic carbocycles. The second kappa shape index (κ2) is 10.2. The van der Waals surface area contributed by atoms with Gasteiger partial charge >= 0.3 is 5.97 Å². The van der Waals surface area contributed by atoms with Gasteiger partial charge in [-0.15, -0.1) is 0 Å². The Morgan fingerprint density at radius 3 is 2.73 bits per heavy atom. The highest BCUT2D eigenvalue weighted by atomic mass is 35.5. The number of hydrogen-bond donors (Lipinski definition) is 1. The van der Waals surface area contributed by atoms with Crippen LogP contribution >= 0.6 is 11.6 Å². The van der Waals surface area contributed by atoms with E-state index in [1.807, 2.05) is 24.3 Å². The lowest BCUT2D eigenvalue weighted by atomic mass is 9.96. The third-order valence-corrected chi connectivity index (χ3v) is 4.79. The summed E-state index contributed by atoms with van der Waals surface area (Å²) >= 11 is 5.88. The zero-order chi connectivity index (χ0) is 18.9. The minimum atomic E-state index is -0.282. The maximum absolute atomic E-state index is 12.3. The number of benzene rings is 1. The zero-order valence-electron chi connectivity index (χ0n) is 15.0. The molecule has 6 nitrogen and oxygen atoms in total. The van der Waals surface area contributed by atoms with Crippen LogP contribution in [0.15, 0.2) is 24.3 Å². The first kappa shape index (κ1) is 20.2. The molecular weight excluding hydrogens is 356 g/mol. The molecule has 0 spiro atoms. The summed E-state index contributed by atoms with van der Waals surface area (Å²) in [5, 5.41) is 3.53. The molecule has 1 aliphatic rings. The SMILES string of the molecule is COC(=O)CCCNC(=O)[C@@H]1CCC(=O)N(CCc2ccc(Cl)cc2)C1. The first-order valence-corrected chi connectivity index (χ1v) is 9.24. The number of nitrogens with zero attached hydrogens (tertiary/aromatic N) is 1. The predicted octanol–water partition coefficient (Wildman–Crippen LogP) is 2.19. The van der Waals surface area contributed by atoms with Crippen LogP contribution in [0.1, 0.15) is 31.2 Å². The average Bonchev–Trinajstić information content (AvgIpc) is 2.65. The van der Waals surface area contributed by atoms with Gasteiger partial charge in [0, 0.05) is 37.5 Å². The van der Waals surface area contributed by atoms with Gasteiger partial charge in [0.25, 0.3) is 0 Å². The first-order chi connectivity index (χ1) is 12.5. The average molecular weight is 381 g/mol. The molecular formula is C19H25ClN2O4. The van der Waals surface area contributed by atoms with E-state index in [0.29, 0.717) is 43.9 Å². The summed E-state index contributed by atoms with van der Waals surface area (Å²) < 4.78 is 4.57. The topological polar surface area (TPSA) is 75.7 Å². The van der Waals surface area contributed by atoms with Crippen LogP contribution in [0.2, 0.25) is 5.02 Å². The van der Waals surface area contributed by atoms with Crippen molar-refractivity contribution in [2.75, 3.05) is 26.7 Å². The van der Waals surface area contributed by atoms with Crippen molar-refractivity contribution in [1.82, 2.24) is 10.2 Å². The molecule has 1 aromatic rings. The van der Waals surface area contributed by atoms with Gasteiger partial charge < -0.3 is 15.0 Å². The fraction of sp³-hybridized carbons (Fsp3) is 0.526. The largest absolute Gasteiger partial charge is 0.469 e. The Morgan fingerprint density at radius 2 is 2.04 bits per heavy atom. The molecule has 2 rings (SSSR count). The molecule has 142 valence electrons. The van der Waals surface area contributed by atoms with Crippen molar-refractivity contribution in [3.63, 3.8) is 0 Å². The summed E-state index contributed by atoms with van der Waals surface area (Å²) in [6.45, 7) is 1.46. The summed E-state index contributed by atoms with van der Waals surface area (Å²) in [6, 6.07) is 7.56. The number of likely N-dealkylation sites (tertiary alicyclic amines) is 1. The standard InChI is InChI=1S/C19H25ClN2O4/c1-26-18(24)3-2-11-21-19(25)15-6-9-17(23)22(13-15)12-10-14-4-7-16(20)8-5-14/h4-5,7-8,15H,2-3,6,9-13H2,1H3,(H,21,25)/t15-/m1/s1. The second-order valence-corrected chi connectivity index (χ2v) is 6.86. The third kappa shape index (κ3) is 6.33. The van der Waals surface area contributed by atoms with Crippen LogP contribution in [-0.2, 0) is 25.5 Å².